The van der Waals surface area contributed by atoms with Gasteiger partial charge >= 0.3 is 0 Å². The van der Waals surface area contributed by atoms with Crippen molar-refractivity contribution < 1.29 is 4.74 Å². The van der Waals surface area contributed by atoms with Gasteiger partial charge in [-0.05, 0) is 44.4 Å². The van der Waals surface area contributed by atoms with Crippen LogP contribution >= 0.6 is 22.9 Å². The van der Waals surface area contributed by atoms with E-state index in [1.54, 1.807) is 11.3 Å². The molecule has 0 aromatic carbocycles. The number of rotatable bonds is 3. The molecule has 1 saturated heterocycles. The quantitative estimate of drug-likeness (QED) is 0.898. The van der Waals surface area contributed by atoms with Crippen molar-refractivity contribution in [3.8, 4) is 0 Å². The van der Waals surface area contributed by atoms with Crippen molar-refractivity contribution >= 4 is 22.9 Å². The van der Waals surface area contributed by atoms with E-state index in [0.717, 1.165) is 30.4 Å². The van der Waals surface area contributed by atoms with Crippen LogP contribution < -0.4 is 5.32 Å². The second-order valence-corrected chi connectivity index (χ2v) is 6.01. The number of nitrogens with one attached hydrogen (secondary N) is 1. The summed E-state index contributed by atoms with van der Waals surface area (Å²) in [6, 6.07) is 2.64. The van der Waals surface area contributed by atoms with E-state index in [9.17, 15) is 0 Å². The van der Waals surface area contributed by atoms with Crippen LogP contribution in [0.3, 0.4) is 0 Å². The molecule has 1 unspecified atom stereocenters. The molecule has 1 aromatic heterocycles. The average molecular weight is 260 g/mol. The van der Waals surface area contributed by atoms with Gasteiger partial charge in [0.15, 0.2) is 0 Å². The molecule has 0 amide bonds. The number of ether oxygens (including phenoxy) is 1. The van der Waals surface area contributed by atoms with Gasteiger partial charge in [-0.2, -0.15) is 0 Å². The lowest BCUT2D eigenvalue weighted by Gasteiger charge is -2.29. The predicted molar refractivity (Wildman–Crippen MR) is 69.4 cm³/mol. The van der Waals surface area contributed by atoms with Crippen LogP contribution in [-0.4, -0.2) is 20.3 Å². The van der Waals surface area contributed by atoms with Gasteiger partial charge in [0.25, 0.3) is 0 Å². The standard InChI is InChI=1S/C12H18ClNOS/c1-8-7-10(16-12(8)13)11(14-2)9-3-5-15-6-4-9/h7,9,11,14H,3-6H2,1-2H3. The molecule has 1 fully saturated rings. The summed E-state index contributed by atoms with van der Waals surface area (Å²) in [5.74, 6) is 0.674. The predicted octanol–water partition coefficient (Wildman–Crippen LogP) is 3.40. The van der Waals surface area contributed by atoms with Crippen LogP contribution in [0.4, 0.5) is 0 Å². The van der Waals surface area contributed by atoms with Crippen molar-refractivity contribution in [2.75, 3.05) is 20.3 Å². The fraction of sp³-hybridized carbons (Fsp3) is 0.667. The van der Waals surface area contributed by atoms with E-state index in [4.69, 9.17) is 16.3 Å². The summed E-state index contributed by atoms with van der Waals surface area (Å²) in [6.45, 7) is 3.85. The topological polar surface area (TPSA) is 21.3 Å². The molecule has 2 nitrogen and oxygen atoms in total. The minimum absolute atomic E-state index is 0.431. The molecule has 0 aliphatic carbocycles. The van der Waals surface area contributed by atoms with Crippen LogP contribution in [0.5, 0.6) is 0 Å². The molecular formula is C12H18ClNOS. The highest BCUT2D eigenvalue weighted by Crippen LogP contribution is 2.37. The van der Waals surface area contributed by atoms with Gasteiger partial charge < -0.3 is 10.1 Å². The molecule has 1 atom stereocenters. The lowest BCUT2D eigenvalue weighted by molar-refractivity contribution is 0.0550. The normalized spacial score (nSPS) is 19.9. The third kappa shape index (κ3) is 2.59. The molecule has 0 radical (unpaired) electrons. The second kappa shape index (κ2) is 5.50. The molecule has 2 heterocycles. The summed E-state index contributed by atoms with van der Waals surface area (Å²) in [7, 11) is 2.03. The van der Waals surface area contributed by atoms with E-state index in [0.29, 0.717) is 12.0 Å². The van der Waals surface area contributed by atoms with Crippen LogP contribution in [0.1, 0.15) is 29.3 Å². The minimum Gasteiger partial charge on any atom is -0.381 e. The van der Waals surface area contributed by atoms with Gasteiger partial charge in [0, 0.05) is 24.1 Å². The van der Waals surface area contributed by atoms with Gasteiger partial charge in [-0.1, -0.05) is 11.6 Å². The van der Waals surface area contributed by atoms with Gasteiger partial charge in [0.2, 0.25) is 0 Å². The van der Waals surface area contributed by atoms with Crippen LogP contribution in [0.25, 0.3) is 0 Å². The molecule has 1 aliphatic rings. The zero-order valence-corrected chi connectivity index (χ0v) is 11.3. The Morgan fingerprint density at radius 3 is 2.69 bits per heavy atom. The number of thiophene rings is 1. The Labute approximate surface area is 106 Å². The smallest absolute Gasteiger partial charge is 0.0960 e. The van der Waals surface area contributed by atoms with Crippen molar-refractivity contribution in [3.63, 3.8) is 0 Å². The van der Waals surface area contributed by atoms with Crippen LogP contribution in [0.15, 0.2) is 6.07 Å². The summed E-state index contributed by atoms with van der Waals surface area (Å²) in [4.78, 5) is 1.36. The Hall–Kier alpha value is -0.0900. The molecule has 0 bridgehead atoms. The number of hydrogen-bond acceptors (Lipinski definition) is 3. The van der Waals surface area contributed by atoms with E-state index in [1.165, 1.54) is 10.4 Å². The Balaban J connectivity index is 2.14. The van der Waals surface area contributed by atoms with Gasteiger partial charge in [0.05, 0.1) is 4.34 Å². The Morgan fingerprint density at radius 2 is 2.19 bits per heavy atom. The maximum Gasteiger partial charge on any atom is 0.0960 e. The average Bonchev–Trinajstić information content (AvgIpc) is 2.61. The third-order valence-corrected chi connectivity index (χ3v) is 4.87. The van der Waals surface area contributed by atoms with Gasteiger partial charge in [0.1, 0.15) is 0 Å². The number of halogens is 1. The molecule has 0 saturated carbocycles. The Kier molecular flexibility index (Phi) is 4.25. The van der Waals surface area contributed by atoms with Crippen molar-refractivity contribution in [1.29, 1.82) is 0 Å². The first-order valence-electron chi connectivity index (χ1n) is 5.73. The highest BCUT2D eigenvalue weighted by molar-refractivity contribution is 7.16. The first kappa shape index (κ1) is 12.4. The maximum atomic E-state index is 6.14. The lowest BCUT2D eigenvalue weighted by atomic mass is 9.91. The van der Waals surface area contributed by atoms with Crippen LogP contribution in [-0.2, 0) is 4.74 Å². The lowest BCUT2D eigenvalue weighted by Crippen LogP contribution is -2.29. The van der Waals surface area contributed by atoms with Crippen LogP contribution in [0, 0.1) is 12.8 Å². The molecular weight excluding hydrogens is 242 g/mol. The van der Waals surface area contributed by atoms with Crippen molar-refractivity contribution in [1.82, 2.24) is 5.32 Å². The van der Waals surface area contributed by atoms with E-state index >= 15 is 0 Å². The van der Waals surface area contributed by atoms with Crippen molar-refractivity contribution in [2.45, 2.75) is 25.8 Å². The minimum atomic E-state index is 0.431. The SMILES string of the molecule is CNC(c1cc(C)c(Cl)s1)C1CCOCC1. The molecule has 16 heavy (non-hydrogen) atoms. The van der Waals surface area contributed by atoms with Gasteiger partial charge in [-0.3, -0.25) is 0 Å². The molecule has 90 valence electrons. The summed E-state index contributed by atoms with van der Waals surface area (Å²) in [6.07, 6.45) is 2.28. The highest BCUT2D eigenvalue weighted by atomic mass is 35.5. The van der Waals surface area contributed by atoms with Crippen molar-refractivity contribution in [3.05, 3.63) is 20.8 Å². The first-order valence-corrected chi connectivity index (χ1v) is 6.92. The zero-order valence-electron chi connectivity index (χ0n) is 9.75. The molecule has 4 heteroatoms. The van der Waals surface area contributed by atoms with E-state index < -0.39 is 0 Å². The summed E-state index contributed by atoms with van der Waals surface area (Å²) in [5.41, 5.74) is 1.19. The fourth-order valence-electron chi connectivity index (χ4n) is 2.30. The summed E-state index contributed by atoms with van der Waals surface area (Å²) >= 11 is 7.84. The van der Waals surface area contributed by atoms with E-state index in [2.05, 4.69) is 18.3 Å². The Bertz CT molecular complexity index is 327. The fourth-order valence-corrected chi connectivity index (χ4v) is 3.72. The Morgan fingerprint density at radius 1 is 1.50 bits per heavy atom. The molecule has 0 spiro atoms. The molecule has 1 aliphatic heterocycles. The summed E-state index contributed by atoms with van der Waals surface area (Å²) < 4.78 is 6.33. The monoisotopic (exact) mass is 259 g/mol. The maximum absolute atomic E-state index is 6.14. The van der Waals surface area contributed by atoms with Gasteiger partial charge in [-0.15, -0.1) is 11.3 Å². The van der Waals surface area contributed by atoms with E-state index in [1.807, 2.05) is 7.05 Å². The molecule has 1 N–H and O–H groups in total. The number of aryl methyl sites for hydroxylation is 1. The molecule has 1 aromatic rings. The summed E-state index contributed by atoms with van der Waals surface area (Å²) in [5, 5.41) is 3.42. The van der Waals surface area contributed by atoms with Gasteiger partial charge in [-0.25, -0.2) is 0 Å². The third-order valence-electron chi connectivity index (χ3n) is 3.23. The van der Waals surface area contributed by atoms with E-state index in [-0.39, 0.29) is 0 Å². The van der Waals surface area contributed by atoms with Crippen molar-refractivity contribution in [2.24, 2.45) is 5.92 Å². The van der Waals surface area contributed by atoms with Crippen LogP contribution in [0.2, 0.25) is 4.34 Å². The largest absolute Gasteiger partial charge is 0.381 e. The zero-order chi connectivity index (χ0) is 11.5. The highest BCUT2D eigenvalue weighted by Gasteiger charge is 2.25. The number of hydrogen-bond donors (Lipinski definition) is 1. The second-order valence-electron chi connectivity index (χ2n) is 4.32. The molecule has 2 rings (SSSR count). The first-order chi connectivity index (χ1) is 7.72.